The summed E-state index contributed by atoms with van der Waals surface area (Å²) in [5.41, 5.74) is 1.58. The van der Waals surface area contributed by atoms with Gasteiger partial charge >= 0.3 is 0 Å². The predicted octanol–water partition coefficient (Wildman–Crippen LogP) is 3.35. The Balaban J connectivity index is 0.000000269. The molecule has 2 atom stereocenters. The van der Waals surface area contributed by atoms with Crippen LogP contribution in [0.3, 0.4) is 0 Å². The summed E-state index contributed by atoms with van der Waals surface area (Å²) in [6.45, 7) is 7.13. The van der Waals surface area contributed by atoms with E-state index in [9.17, 15) is 9.32 Å². The number of piperidine rings is 1. The van der Waals surface area contributed by atoms with E-state index in [2.05, 4.69) is 36.7 Å². The fourth-order valence-electron chi connectivity index (χ4n) is 3.11. The van der Waals surface area contributed by atoms with Crippen molar-refractivity contribution in [2.24, 2.45) is 0 Å². The highest BCUT2D eigenvalue weighted by molar-refractivity contribution is 7.13. The van der Waals surface area contributed by atoms with Crippen molar-refractivity contribution in [1.82, 2.24) is 20.3 Å². The Morgan fingerprint density at radius 3 is 2.87 bits per heavy atom. The summed E-state index contributed by atoms with van der Waals surface area (Å²) in [6, 6.07) is 0.371. The van der Waals surface area contributed by atoms with E-state index in [0.29, 0.717) is 29.7 Å². The molecule has 3 heterocycles. The largest absolute Gasteiger partial charge is 0.378 e. The normalized spacial score (nSPS) is 18.5. The molecule has 2 aromatic rings. The first kappa shape index (κ1) is 24.3. The third-order valence-electron chi connectivity index (χ3n) is 4.74. The number of aromatic amines is 1. The maximum atomic E-state index is 12.0. The molecule has 0 saturated carbocycles. The van der Waals surface area contributed by atoms with Gasteiger partial charge in [0.15, 0.2) is 22.4 Å². The van der Waals surface area contributed by atoms with E-state index in [1.54, 1.807) is 18.4 Å². The number of rotatable bonds is 8. The Hall–Kier alpha value is -2.01. The predicted molar refractivity (Wildman–Crippen MR) is 116 cm³/mol. The van der Waals surface area contributed by atoms with Crippen molar-refractivity contribution in [3.8, 4) is 0 Å². The molecular formula is C19H27ClFN5O3S. The SMILES string of the molecule is C=C(Cc1csc(N2CC[C@@H](NC)[C@@H](OC)C2)n1)OF.CCc1[nH]c(C=O)nc1Cl. The van der Waals surface area contributed by atoms with Crippen LogP contribution in [0.15, 0.2) is 17.7 Å². The number of carbonyl (C=O) groups excluding carboxylic acids is 1. The lowest BCUT2D eigenvalue weighted by Gasteiger charge is -2.37. The van der Waals surface area contributed by atoms with Crippen LogP contribution >= 0.6 is 22.9 Å². The van der Waals surface area contributed by atoms with Gasteiger partial charge in [0.1, 0.15) is 5.76 Å². The number of anilines is 1. The Labute approximate surface area is 184 Å². The van der Waals surface area contributed by atoms with Crippen LogP contribution in [0, 0.1) is 0 Å². The number of carbonyl (C=O) groups is 1. The molecule has 1 saturated heterocycles. The second-order valence-corrected chi connectivity index (χ2v) is 7.88. The van der Waals surface area contributed by atoms with Gasteiger partial charge in [0.05, 0.1) is 23.9 Å². The summed E-state index contributed by atoms with van der Waals surface area (Å²) >= 11 is 7.17. The molecule has 0 bridgehead atoms. The van der Waals surface area contributed by atoms with Crippen molar-refractivity contribution in [2.45, 2.75) is 38.3 Å². The van der Waals surface area contributed by atoms with E-state index < -0.39 is 0 Å². The first-order chi connectivity index (χ1) is 14.4. The molecule has 2 N–H and O–H groups in total. The number of hydrogen-bond donors (Lipinski definition) is 2. The molecule has 1 aliphatic heterocycles. The number of imidazole rings is 1. The molecule has 1 fully saturated rings. The van der Waals surface area contributed by atoms with Crippen LogP contribution < -0.4 is 10.2 Å². The van der Waals surface area contributed by atoms with Crippen LogP contribution in [0.1, 0.15) is 35.4 Å². The first-order valence-electron chi connectivity index (χ1n) is 9.50. The van der Waals surface area contributed by atoms with E-state index in [-0.39, 0.29) is 11.9 Å². The molecule has 1 aliphatic rings. The van der Waals surface area contributed by atoms with Crippen LogP contribution in [0.4, 0.5) is 9.66 Å². The maximum Gasteiger partial charge on any atom is 0.185 e. The lowest BCUT2D eigenvalue weighted by atomic mass is 10.0. The third kappa shape index (κ3) is 6.49. The number of allylic oxidation sites excluding steroid dienone is 1. The maximum absolute atomic E-state index is 12.0. The third-order valence-corrected chi connectivity index (χ3v) is 6.00. The average molecular weight is 460 g/mol. The zero-order valence-corrected chi connectivity index (χ0v) is 18.9. The molecule has 0 spiro atoms. The lowest BCUT2D eigenvalue weighted by Crippen LogP contribution is -2.52. The number of ether oxygens (including phenoxy) is 1. The number of thiazole rings is 1. The monoisotopic (exact) mass is 459 g/mol. The molecule has 3 rings (SSSR count). The zero-order valence-electron chi connectivity index (χ0n) is 17.3. The van der Waals surface area contributed by atoms with Gasteiger partial charge in [-0.3, -0.25) is 9.74 Å². The fraction of sp³-hybridized carbons (Fsp3) is 0.526. The van der Waals surface area contributed by atoms with Gasteiger partial charge in [-0.05, 0) is 19.9 Å². The first-order valence-corrected chi connectivity index (χ1v) is 10.8. The van der Waals surface area contributed by atoms with E-state index in [1.807, 2.05) is 19.4 Å². The van der Waals surface area contributed by atoms with Crippen LogP contribution in [-0.4, -0.2) is 60.6 Å². The molecular weight excluding hydrogens is 433 g/mol. The molecule has 166 valence electrons. The second kappa shape index (κ2) is 12.0. The molecule has 8 nitrogen and oxygen atoms in total. The van der Waals surface area contributed by atoms with E-state index >= 15 is 0 Å². The van der Waals surface area contributed by atoms with Gasteiger partial charge in [-0.1, -0.05) is 25.1 Å². The topological polar surface area (TPSA) is 92.4 Å². The van der Waals surface area contributed by atoms with E-state index in [1.165, 1.54) is 0 Å². The second-order valence-electron chi connectivity index (χ2n) is 6.68. The van der Waals surface area contributed by atoms with Gasteiger partial charge in [0, 0.05) is 36.1 Å². The number of H-pyrrole nitrogens is 1. The Morgan fingerprint density at radius 2 is 2.33 bits per heavy atom. The van der Waals surface area contributed by atoms with Gasteiger partial charge < -0.3 is 19.9 Å². The highest BCUT2D eigenvalue weighted by atomic mass is 35.5. The Bertz CT molecular complexity index is 831. The summed E-state index contributed by atoms with van der Waals surface area (Å²) in [7, 11) is 3.69. The number of aldehydes is 1. The van der Waals surface area contributed by atoms with Gasteiger partial charge in [0.2, 0.25) is 0 Å². The highest BCUT2D eigenvalue weighted by Gasteiger charge is 2.29. The Morgan fingerprint density at radius 1 is 1.57 bits per heavy atom. The van der Waals surface area contributed by atoms with Crippen molar-refractivity contribution >= 4 is 34.4 Å². The molecule has 30 heavy (non-hydrogen) atoms. The number of methoxy groups -OCH3 is 1. The number of halogens is 2. The summed E-state index contributed by atoms with van der Waals surface area (Å²) in [5, 5.41) is 6.51. The van der Waals surface area contributed by atoms with Crippen LogP contribution in [-0.2, 0) is 22.5 Å². The number of nitrogens with one attached hydrogen (secondary N) is 2. The van der Waals surface area contributed by atoms with Crippen LogP contribution in [0.5, 0.6) is 0 Å². The Kier molecular flexibility index (Phi) is 9.70. The number of hydrogen-bond acceptors (Lipinski definition) is 8. The van der Waals surface area contributed by atoms with Gasteiger partial charge in [-0.15, -0.1) is 11.3 Å². The lowest BCUT2D eigenvalue weighted by molar-refractivity contribution is -0.0846. The molecule has 0 unspecified atom stereocenters. The van der Waals surface area contributed by atoms with Gasteiger partial charge in [0.25, 0.3) is 0 Å². The molecule has 0 amide bonds. The van der Waals surface area contributed by atoms with Crippen LogP contribution in [0.2, 0.25) is 5.15 Å². The van der Waals surface area contributed by atoms with Crippen LogP contribution in [0.25, 0.3) is 0 Å². The summed E-state index contributed by atoms with van der Waals surface area (Å²) in [5.74, 6) is 0.368. The van der Waals surface area contributed by atoms with Crippen molar-refractivity contribution in [1.29, 1.82) is 0 Å². The molecule has 0 radical (unpaired) electrons. The minimum absolute atomic E-state index is 0.0745. The van der Waals surface area contributed by atoms with E-state index in [4.69, 9.17) is 16.3 Å². The van der Waals surface area contributed by atoms with Crippen molar-refractivity contribution in [2.75, 3.05) is 32.1 Å². The van der Waals surface area contributed by atoms with E-state index in [0.717, 1.165) is 42.5 Å². The minimum Gasteiger partial charge on any atom is -0.378 e. The number of nitrogens with zero attached hydrogens (tertiary/aromatic N) is 3. The number of aromatic nitrogens is 3. The highest BCUT2D eigenvalue weighted by Crippen LogP contribution is 2.26. The van der Waals surface area contributed by atoms with Crippen molar-refractivity contribution < 1.29 is 19.0 Å². The average Bonchev–Trinajstić information content (AvgIpc) is 3.39. The molecule has 2 aromatic heterocycles. The zero-order chi connectivity index (χ0) is 22.1. The van der Waals surface area contributed by atoms with Gasteiger partial charge in [-0.2, -0.15) is 0 Å². The van der Waals surface area contributed by atoms with Crippen molar-refractivity contribution in [3.63, 3.8) is 0 Å². The molecule has 11 heteroatoms. The quantitative estimate of drug-likeness (QED) is 0.462. The molecule has 0 aliphatic carbocycles. The smallest absolute Gasteiger partial charge is 0.185 e. The fourth-order valence-corrected chi connectivity index (χ4v) is 4.24. The molecule has 0 aromatic carbocycles. The summed E-state index contributed by atoms with van der Waals surface area (Å²) in [4.78, 5) is 27.0. The van der Waals surface area contributed by atoms with Crippen molar-refractivity contribution in [3.05, 3.63) is 40.1 Å². The van der Waals surface area contributed by atoms with Gasteiger partial charge in [-0.25, -0.2) is 9.97 Å². The summed E-state index contributed by atoms with van der Waals surface area (Å²) in [6.07, 6.45) is 2.85. The minimum atomic E-state index is 0.0745. The summed E-state index contributed by atoms with van der Waals surface area (Å²) < 4.78 is 17.5. The number of aryl methyl sites for hydroxylation is 1. The number of likely N-dealkylation sites (N-methyl/N-ethyl adjacent to an activating group) is 1. The standard InChI is InChI=1S/C13H20FN3O2S.C6H7ClN2O/c1-9(19-14)6-10-8-20-13(16-10)17-5-4-11(15-2)12(7-17)18-3;1-2-4-6(7)9-5(3-10)8-4/h8,11-12,15H,1,4-7H2,2-3H3;3H,2H2,1H3,(H,8,9)/t11-,12+;/m1./s1.